The third-order valence-corrected chi connectivity index (χ3v) is 6.05. The number of ether oxygens (including phenoxy) is 1. The van der Waals surface area contributed by atoms with E-state index in [1.54, 1.807) is 0 Å². The number of benzene rings is 1. The quantitative estimate of drug-likeness (QED) is 0.898. The summed E-state index contributed by atoms with van der Waals surface area (Å²) in [6.45, 7) is 3.41. The average molecular weight is 352 g/mol. The summed E-state index contributed by atoms with van der Waals surface area (Å²) in [7, 11) is 0. The number of fused-ring (bicyclic) bond motifs is 1. The molecule has 1 aromatic heterocycles. The van der Waals surface area contributed by atoms with Gasteiger partial charge in [0.1, 0.15) is 5.82 Å². The molecule has 4 heteroatoms. The van der Waals surface area contributed by atoms with E-state index in [0.717, 1.165) is 37.2 Å². The van der Waals surface area contributed by atoms with Crippen molar-refractivity contribution in [3.63, 3.8) is 0 Å². The number of aromatic nitrogens is 1. The lowest BCUT2D eigenvalue weighted by atomic mass is 9.66. The molecule has 1 saturated heterocycles. The van der Waals surface area contributed by atoms with E-state index < -0.39 is 5.60 Å². The highest BCUT2D eigenvalue weighted by Crippen LogP contribution is 2.47. The van der Waals surface area contributed by atoms with E-state index in [0.29, 0.717) is 18.5 Å². The molecule has 4 rings (SSSR count). The average Bonchev–Trinajstić information content (AvgIpc) is 2.70. The van der Waals surface area contributed by atoms with Crippen LogP contribution in [0, 0.1) is 5.92 Å². The fraction of sp³-hybridized carbons (Fsp3) is 0.500. The van der Waals surface area contributed by atoms with Crippen molar-refractivity contribution in [1.82, 2.24) is 4.98 Å². The van der Waals surface area contributed by atoms with E-state index in [1.807, 2.05) is 37.3 Å². The number of rotatable bonds is 4. The summed E-state index contributed by atoms with van der Waals surface area (Å²) < 4.78 is 5.60. The highest BCUT2D eigenvalue weighted by molar-refractivity contribution is 5.44. The lowest BCUT2D eigenvalue weighted by Gasteiger charge is -2.53. The second-order valence-corrected chi connectivity index (χ2v) is 7.46. The molecule has 2 aliphatic rings. The summed E-state index contributed by atoms with van der Waals surface area (Å²) in [5.41, 5.74) is 0.327. The maximum absolute atomic E-state index is 11.7. The van der Waals surface area contributed by atoms with Crippen LogP contribution in [0.25, 0.3) is 0 Å². The second kappa shape index (κ2) is 7.28. The monoisotopic (exact) mass is 352 g/mol. The highest BCUT2D eigenvalue weighted by Gasteiger charge is 2.49. The number of hydrogen-bond acceptors (Lipinski definition) is 4. The normalized spacial score (nSPS) is 28.5. The molecule has 0 radical (unpaired) electrons. The minimum atomic E-state index is -0.736. The van der Waals surface area contributed by atoms with Gasteiger partial charge in [-0.1, -0.05) is 49.2 Å². The number of hydrogen-bond donors (Lipinski definition) is 1. The van der Waals surface area contributed by atoms with Crippen LogP contribution in [0.1, 0.15) is 44.6 Å². The molecule has 0 amide bonds. The molecule has 2 heterocycles. The lowest BCUT2D eigenvalue weighted by Crippen LogP contribution is -2.57. The van der Waals surface area contributed by atoms with E-state index in [9.17, 15) is 5.11 Å². The predicted molar refractivity (Wildman–Crippen MR) is 103 cm³/mol. The van der Waals surface area contributed by atoms with Crippen molar-refractivity contribution in [2.24, 2.45) is 5.92 Å². The summed E-state index contributed by atoms with van der Waals surface area (Å²) in [5.74, 6) is 1.90. The molecule has 0 spiro atoms. The van der Waals surface area contributed by atoms with Gasteiger partial charge in [0.25, 0.3) is 0 Å². The zero-order valence-corrected chi connectivity index (χ0v) is 15.5. The summed E-state index contributed by atoms with van der Waals surface area (Å²) in [5, 5.41) is 11.7. The lowest BCUT2D eigenvalue weighted by molar-refractivity contribution is -0.0690. The molecule has 1 N–H and O–H groups in total. The number of nitrogens with zero attached hydrogens (tertiary/aromatic N) is 2. The van der Waals surface area contributed by atoms with Gasteiger partial charge >= 0.3 is 0 Å². The van der Waals surface area contributed by atoms with Gasteiger partial charge in [0.05, 0.1) is 12.2 Å². The third-order valence-electron chi connectivity index (χ3n) is 6.05. The van der Waals surface area contributed by atoms with Crippen LogP contribution in [0.4, 0.5) is 5.82 Å². The van der Waals surface area contributed by atoms with Crippen molar-refractivity contribution < 1.29 is 9.84 Å². The highest BCUT2D eigenvalue weighted by atomic mass is 16.5. The summed E-state index contributed by atoms with van der Waals surface area (Å²) >= 11 is 0. The van der Waals surface area contributed by atoms with Crippen LogP contribution in [0.3, 0.4) is 0 Å². The number of anilines is 1. The number of piperidine rings is 1. The van der Waals surface area contributed by atoms with Crippen molar-refractivity contribution in [2.75, 3.05) is 18.1 Å². The van der Waals surface area contributed by atoms with Gasteiger partial charge in [0.2, 0.25) is 5.88 Å². The van der Waals surface area contributed by atoms with Gasteiger partial charge in [-0.05, 0) is 37.8 Å². The van der Waals surface area contributed by atoms with Gasteiger partial charge in [0.15, 0.2) is 0 Å². The van der Waals surface area contributed by atoms with Crippen molar-refractivity contribution in [2.45, 2.75) is 50.7 Å². The van der Waals surface area contributed by atoms with E-state index in [1.165, 1.54) is 12.8 Å². The van der Waals surface area contributed by atoms with Crippen LogP contribution in [-0.2, 0) is 5.60 Å². The predicted octanol–water partition coefficient (Wildman–Crippen LogP) is 4.14. The van der Waals surface area contributed by atoms with Gasteiger partial charge in [-0.15, -0.1) is 0 Å². The van der Waals surface area contributed by atoms with E-state index in [2.05, 4.69) is 23.1 Å². The molecule has 2 fully saturated rings. The molecule has 3 unspecified atom stereocenters. The van der Waals surface area contributed by atoms with Gasteiger partial charge in [0, 0.05) is 24.6 Å². The van der Waals surface area contributed by atoms with Crippen molar-refractivity contribution in [1.29, 1.82) is 0 Å². The third kappa shape index (κ3) is 3.07. The molecule has 26 heavy (non-hydrogen) atoms. The first-order valence-corrected chi connectivity index (χ1v) is 9.87. The minimum Gasteiger partial charge on any atom is -0.478 e. The first kappa shape index (κ1) is 17.3. The topological polar surface area (TPSA) is 45.6 Å². The van der Waals surface area contributed by atoms with Crippen molar-refractivity contribution in [3.8, 4) is 5.88 Å². The largest absolute Gasteiger partial charge is 0.478 e. The smallest absolute Gasteiger partial charge is 0.215 e. The van der Waals surface area contributed by atoms with E-state index in [-0.39, 0.29) is 5.92 Å². The van der Waals surface area contributed by atoms with Crippen molar-refractivity contribution >= 4 is 5.82 Å². The molecular weight excluding hydrogens is 324 g/mol. The van der Waals surface area contributed by atoms with Crippen LogP contribution in [0.15, 0.2) is 48.5 Å². The van der Waals surface area contributed by atoms with E-state index in [4.69, 9.17) is 9.72 Å². The Kier molecular flexibility index (Phi) is 4.86. The Labute approximate surface area is 155 Å². The van der Waals surface area contributed by atoms with E-state index >= 15 is 0 Å². The molecule has 1 saturated carbocycles. The molecule has 3 atom stereocenters. The molecule has 4 nitrogen and oxygen atoms in total. The Morgan fingerprint density at radius 1 is 1.12 bits per heavy atom. The SMILES string of the molecule is CCOc1cccc(N2CCC(O)(c3ccccc3)C3CCCCC32)n1. The van der Waals surface area contributed by atoms with Crippen LogP contribution in [0.2, 0.25) is 0 Å². The standard InChI is InChI=1S/C22H28N2O2/c1-2-26-21-14-8-13-20(23-21)24-16-15-22(25,17-9-4-3-5-10-17)18-11-6-7-12-19(18)24/h3-5,8-10,13-14,18-19,25H,2,6-7,11-12,15-16H2,1H3. The second-order valence-electron chi connectivity index (χ2n) is 7.46. The Morgan fingerprint density at radius 2 is 1.92 bits per heavy atom. The zero-order chi connectivity index (χ0) is 18.0. The van der Waals surface area contributed by atoms with Crippen molar-refractivity contribution in [3.05, 3.63) is 54.1 Å². The van der Waals surface area contributed by atoms with Crippen LogP contribution in [0.5, 0.6) is 5.88 Å². The van der Waals surface area contributed by atoms with Crippen LogP contribution >= 0.6 is 0 Å². The maximum Gasteiger partial charge on any atom is 0.215 e. The number of aliphatic hydroxyl groups is 1. The summed E-state index contributed by atoms with van der Waals surface area (Å²) in [6.07, 6.45) is 5.32. The van der Waals surface area contributed by atoms with Crippen LogP contribution in [-0.4, -0.2) is 29.3 Å². The Hall–Kier alpha value is -2.07. The fourth-order valence-electron chi connectivity index (χ4n) is 4.85. The first-order chi connectivity index (χ1) is 12.7. The maximum atomic E-state index is 11.7. The zero-order valence-electron chi connectivity index (χ0n) is 15.5. The summed E-state index contributed by atoms with van der Waals surface area (Å²) in [4.78, 5) is 7.13. The van der Waals surface area contributed by atoms with Crippen LogP contribution < -0.4 is 9.64 Å². The molecule has 0 bridgehead atoms. The Balaban J connectivity index is 1.66. The van der Waals surface area contributed by atoms with Gasteiger partial charge < -0.3 is 14.7 Å². The molecule has 2 aromatic rings. The first-order valence-electron chi connectivity index (χ1n) is 9.87. The minimum absolute atomic E-state index is 0.241. The number of pyridine rings is 1. The Morgan fingerprint density at radius 3 is 2.73 bits per heavy atom. The van der Waals surface area contributed by atoms with Gasteiger partial charge in [-0.25, -0.2) is 0 Å². The molecule has 1 aromatic carbocycles. The van der Waals surface area contributed by atoms with Gasteiger partial charge in [-0.2, -0.15) is 4.98 Å². The molecular formula is C22H28N2O2. The van der Waals surface area contributed by atoms with Gasteiger partial charge in [-0.3, -0.25) is 0 Å². The Bertz CT molecular complexity index is 736. The fourth-order valence-corrected chi connectivity index (χ4v) is 4.85. The molecule has 1 aliphatic heterocycles. The molecule has 1 aliphatic carbocycles. The summed E-state index contributed by atoms with van der Waals surface area (Å²) in [6, 6.07) is 16.6. The molecule has 138 valence electrons.